The number of rotatable bonds is 9. The Hall–Kier alpha value is -2.07. The van der Waals surface area contributed by atoms with Crippen LogP contribution in [0.2, 0.25) is 0 Å². The van der Waals surface area contributed by atoms with Crippen LogP contribution in [0.4, 0.5) is 0 Å². The maximum absolute atomic E-state index is 4.81. The third-order valence-electron chi connectivity index (χ3n) is 4.34. The molecule has 0 amide bonds. The van der Waals surface area contributed by atoms with Crippen LogP contribution in [0.25, 0.3) is 22.8 Å². The van der Waals surface area contributed by atoms with Gasteiger partial charge in [0.1, 0.15) is 0 Å². The van der Waals surface area contributed by atoms with E-state index < -0.39 is 0 Å². The van der Waals surface area contributed by atoms with Gasteiger partial charge in [0.15, 0.2) is 0 Å². The average Bonchev–Trinajstić information content (AvgIpc) is 2.72. The molecule has 3 rings (SSSR count). The minimum Gasteiger partial charge on any atom is -0.255 e. The van der Waals surface area contributed by atoms with E-state index in [-0.39, 0.29) is 0 Å². The third-order valence-corrected chi connectivity index (χ3v) is 4.90. The highest BCUT2D eigenvalue weighted by Gasteiger charge is 2.08. The SMILES string of the molecule is BrCCCCCCCc1cc(-c2ccccn2)nc(-c2ccccn2)c1. The Kier molecular flexibility index (Phi) is 7.32. The molecule has 0 radical (unpaired) electrons. The molecular formula is C22H24BrN3. The fraction of sp³-hybridized carbons (Fsp3) is 0.318. The zero-order valence-electron chi connectivity index (χ0n) is 14.9. The maximum Gasteiger partial charge on any atom is 0.0897 e. The molecule has 0 aromatic carbocycles. The van der Waals surface area contributed by atoms with Gasteiger partial charge in [-0.1, -0.05) is 47.3 Å². The van der Waals surface area contributed by atoms with Crippen molar-refractivity contribution >= 4 is 15.9 Å². The highest BCUT2D eigenvalue weighted by Crippen LogP contribution is 2.23. The maximum atomic E-state index is 4.81. The first-order valence-corrected chi connectivity index (χ1v) is 10.4. The molecule has 134 valence electrons. The van der Waals surface area contributed by atoms with Gasteiger partial charge in [-0.3, -0.25) is 9.97 Å². The zero-order valence-corrected chi connectivity index (χ0v) is 16.5. The van der Waals surface area contributed by atoms with Gasteiger partial charge in [-0.05, 0) is 61.2 Å². The number of halogens is 1. The Morgan fingerprint density at radius 1 is 0.654 bits per heavy atom. The largest absolute Gasteiger partial charge is 0.255 e. The monoisotopic (exact) mass is 409 g/mol. The number of hydrogen-bond donors (Lipinski definition) is 0. The summed E-state index contributed by atoms with van der Waals surface area (Å²) >= 11 is 3.50. The van der Waals surface area contributed by atoms with Gasteiger partial charge in [-0.15, -0.1) is 0 Å². The van der Waals surface area contributed by atoms with Crippen LogP contribution in [-0.4, -0.2) is 20.3 Å². The van der Waals surface area contributed by atoms with E-state index in [0.29, 0.717) is 0 Å². The minimum absolute atomic E-state index is 0.906. The van der Waals surface area contributed by atoms with E-state index >= 15 is 0 Å². The highest BCUT2D eigenvalue weighted by atomic mass is 79.9. The molecule has 0 bridgehead atoms. The van der Waals surface area contributed by atoms with E-state index in [4.69, 9.17) is 4.98 Å². The third kappa shape index (κ3) is 5.46. The fourth-order valence-corrected chi connectivity index (χ4v) is 3.37. The van der Waals surface area contributed by atoms with Crippen molar-refractivity contribution in [2.45, 2.75) is 38.5 Å². The Morgan fingerprint density at radius 3 is 1.77 bits per heavy atom. The number of hydrogen-bond acceptors (Lipinski definition) is 3. The quantitative estimate of drug-likeness (QED) is 0.316. The van der Waals surface area contributed by atoms with Crippen LogP contribution in [0.15, 0.2) is 60.9 Å². The molecule has 0 atom stereocenters. The van der Waals surface area contributed by atoms with Crippen LogP contribution in [0.1, 0.15) is 37.7 Å². The second kappa shape index (κ2) is 10.2. The normalized spacial score (nSPS) is 10.8. The van der Waals surface area contributed by atoms with Crippen molar-refractivity contribution in [1.82, 2.24) is 15.0 Å². The lowest BCUT2D eigenvalue weighted by Gasteiger charge is -2.09. The van der Waals surface area contributed by atoms with Gasteiger partial charge in [0, 0.05) is 17.7 Å². The number of pyridine rings is 3. The van der Waals surface area contributed by atoms with E-state index in [1.807, 2.05) is 48.8 Å². The van der Waals surface area contributed by atoms with E-state index in [9.17, 15) is 0 Å². The molecule has 0 spiro atoms. The number of unbranched alkanes of at least 4 members (excludes halogenated alkanes) is 4. The average molecular weight is 410 g/mol. The molecule has 26 heavy (non-hydrogen) atoms. The lowest BCUT2D eigenvalue weighted by Crippen LogP contribution is -1.96. The predicted molar refractivity (Wildman–Crippen MR) is 111 cm³/mol. The van der Waals surface area contributed by atoms with E-state index in [2.05, 4.69) is 38.0 Å². The molecular weight excluding hydrogens is 386 g/mol. The summed E-state index contributed by atoms with van der Waals surface area (Å²) in [6.45, 7) is 0. The molecule has 3 aromatic rings. The van der Waals surface area contributed by atoms with Gasteiger partial charge in [-0.25, -0.2) is 4.98 Å². The van der Waals surface area contributed by atoms with Crippen molar-refractivity contribution < 1.29 is 0 Å². The van der Waals surface area contributed by atoms with Crippen molar-refractivity contribution in [3.05, 3.63) is 66.5 Å². The molecule has 4 heteroatoms. The van der Waals surface area contributed by atoms with Gasteiger partial charge in [0.25, 0.3) is 0 Å². The Labute approximate surface area is 164 Å². The van der Waals surface area contributed by atoms with Gasteiger partial charge < -0.3 is 0 Å². The first kappa shape index (κ1) is 18.7. The van der Waals surface area contributed by atoms with Crippen LogP contribution < -0.4 is 0 Å². The smallest absolute Gasteiger partial charge is 0.0897 e. The molecule has 0 aliphatic carbocycles. The van der Waals surface area contributed by atoms with Crippen molar-refractivity contribution in [2.75, 3.05) is 5.33 Å². The number of alkyl halides is 1. The van der Waals surface area contributed by atoms with Crippen LogP contribution >= 0.6 is 15.9 Å². The number of nitrogens with zero attached hydrogens (tertiary/aromatic N) is 3. The Bertz CT molecular complexity index is 733. The number of aryl methyl sites for hydroxylation is 1. The van der Waals surface area contributed by atoms with Crippen LogP contribution in [-0.2, 0) is 6.42 Å². The summed E-state index contributed by atoms with van der Waals surface area (Å²) in [6, 6.07) is 16.2. The summed E-state index contributed by atoms with van der Waals surface area (Å²) in [5, 5.41) is 1.11. The molecule has 3 nitrogen and oxygen atoms in total. The van der Waals surface area contributed by atoms with Crippen LogP contribution in [0.5, 0.6) is 0 Å². The highest BCUT2D eigenvalue weighted by molar-refractivity contribution is 9.09. The fourth-order valence-electron chi connectivity index (χ4n) is 2.98. The van der Waals surface area contributed by atoms with Gasteiger partial charge >= 0.3 is 0 Å². The second-order valence-corrected chi connectivity index (χ2v) is 7.18. The summed E-state index contributed by atoms with van der Waals surface area (Å²) in [6.07, 6.45) is 11.0. The molecule has 0 unspecified atom stereocenters. The van der Waals surface area contributed by atoms with Gasteiger partial charge in [-0.2, -0.15) is 0 Å². The molecule has 0 aliphatic rings. The molecule has 0 fully saturated rings. The standard InChI is InChI=1S/C22H24BrN3/c23-13-7-3-1-2-4-10-18-16-21(19-11-5-8-14-24-19)26-22(17-18)20-12-6-9-15-25-20/h5-6,8-9,11-12,14-17H,1-4,7,10,13H2. The molecule has 0 N–H and O–H groups in total. The van der Waals surface area contributed by atoms with E-state index in [0.717, 1.165) is 34.5 Å². The Balaban J connectivity index is 1.79. The van der Waals surface area contributed by atoms with Crippen molar-refractivity contribution in [1.29, 1.82) is 0 Å². The molecule has 3 heterocycles. The lowest BCUT2D eigenvalue weighted by atomic mass is 10.0. The van der Waals surface area contributed by atoms with Crippen molar-refractivity contribution in [2.24, 2.45) is 0 Å². The minimum atomic E-state index is 0.906. The molecule has 0 aliphatic heterocycles. The Morgan fingerprint density at radius 2 is 1.23 bits per heavy atom. The summed E-state index contributed by atoms with van der Waals surface area (Å²) < 4.78 is 0. The summed E-state index contributed by atoms with van der Waals surface area (Å²) in [4.78, 5) is 13.7. The molecule has 3 aromatic heterocycles. The van der Waals surface area contributed by atoms with E-state index in [1.165, 1.54) is 37.7 Å². The second-order valence-electron chi connectivity index (χ2n) is 6.38. The molecule has 0 saturated heterocycles. The summed E-state index contributed by atoms with van der Waals surface area (Å²) in [5.74, 6) is 0. The summed E-state index contributed by atoms with van der Waals surface area (Å²) in [7, 11) is 0. The van der Waals surface area contributed by atoms with Crippen LogP contribution in [0, 0.1) is 0 Å². The molecule has 0 saturated carbocycles. The number of aromatic nitrogens is 3. The van der Waals surface area contributed by atoms with E-state index in [1.54, 1.807) is 0 Å². The van der Waals surface area contributed by atoms with Crippen molar-refractivity contribution in [3.63, 3.8) is 0 Å². The topological polar surface area (TPSA) is 38.7 Å². The summed E-state index contributed by atoms with van der Waals surface area (Å²) in [5.41, 5.74) is 4.96. The first-order valence-electron chi connectivity index (χ1n) is 9.26. The first-order chi connectivity index (χ1) is 12.9. The predicted octanol–water partition coefficient (Wildman–Crippen LogP) is 6.09. The van der Waals surface area contributed by atoms with Crippen molar-refractivity contribution in [3.8, 4) is 22.8 Å². The van der Waals surface area contributed by atoms with Crippen LogP contribution in [0.3, 0.4) is 0 Å². The zero-order chi connectivity index (χ0) is 18.0. The van der Waals surface area contributed by atoms with Gasteiger partial charge in [0.05, 0.1) is 22.8 Å². The lowest BCUT2D eigenvalue weighted by molar-refractivity contribution is 0.635. The van der Waals surface area contributed by atoms with Gasteiger partial charge in [0.2, 0.25) is 0 Å².